The molecule has 0 radical (unpaired) electrons. The van der Waals surface area contributed by atoms with E-state index >= 15 is 0 Å². The summed E-state index contributed by atoms with van der Waals surface area (Å²) in [5, 5.41) is 10.8. The maximum Gasteiger partial charge on any atom is 0.232 e. The van der Waals surface area contributed by atoms with Gasteiger partial charge >= 0.3 is 0 Å². The van der Waals surface area contributed by atoms with E-state index in [1.165, 1.54) is 11.9 Å². The summed E-state index contributed by atoms with van der Waals surface area (Å²) in [7, 11) is 1.59. The smallest absolute Gasteiger partial charge is 0.232 e. The Balaban J connectivity index is 1.71. The number of carbonyl (C=O) groups excluding carboxylic acids is 1. The summed E-state index contributed by atoms with van der Waals surface area (Å²) >= 11 is 0. The lowest BCUT2D eigenvalue weighted by molar-refractivity contribution is -0.121. The fourth-order valence-corrected chi connectivity index (χ4v) is 4.04. The first-order chi connectivity index (χ1) is 14.5. The van der Waals surface area contributed by atoms with E-state index < -0.39 is 5.92 Å². The van der Waals surface area contributed by atoms with Crippen molar-refractivity contribution in [1.82, 2.24) is 14.8 Å². The second kappa shape index (κ2) is 8.18. The van der Waals surface area contributed by atoms with Crippen LogP contribution in [0.1, 0.15) is 43.9 Å². The Hall–Kier alpha value is -3.35. The van der Waals surface area contributed by atoms with Crippen LogP contribution >= 0.6 is 0 Å². The van der Waals surface area contributed by atoms with E-state index in [0.29, 0.717) is 23.3 Å². The van der Waals surface area contributed by atoms with Crippen molar-refractivity contribution in [3.63, 3.8) is 0 Å². The number of amides is 1. The monoisotopic (exact) mass is 405 g/mol. The van der Waals surface area contributed by atoms with Gasteiger partial charge in [-0.15, -0.1) is 0 Å². The van der Waals surface area contributed by atoms with Crippen LogP contribution in [0.3, 0.4) is 0 Å². The SMILES string of the molecule is COc1ccccc1NC(=O)C1C(C)Nc2ncnn2C1c1ccc(C(C)C)cc1. The summed E-state index contributed by atoms with van der Waals surface area (Å²) in [5.74, 6) is 1.24. The van der Waals surface area contributed by atoms with Crippen LogP contribution in [0.4, 0.5) is 11.6 Å². The van der Waals surface area contributed by atoms with Crippen LogP contribution in [0.5, 0.6) is 5.75 Å². The molecule has 2 N–H and O–H groups in total. The first-order valence-electron chi connectivity index (χ1n) is 10.2. The Bertz CT molecular complexity index is 1030. The standard InChI is InChI=1S/C23H27N5O2/c1-14(2)16-9-11-17(12-10-16)21-20(15(3)26-23-24-13-25-28(21)23)22(29)27-18-7-5-6-8-19(18)30-4/h5-15,20-21H,1-4H3,(H,27,29)(H,24,25,26). The lowest BCUT2D eigenvalue weighted by atomic mass is 9.84. The number of methoxy groups -OCH3 is 1. The maximum atomic E-state index is 13.5. The van der Waals surface area contributed by atoms with Gasteiger partial charge in [-0.1, -0.05) is 50.2 Å². The number of ether oxygens (including phenoxy) is 1. The van der Waals surface area contributed by atoms with Crippen molar-refractivity contribution >= 4 is 17.5 Å². The molecular weight excluding hydrogens is 378 g/mol. The van der Waals surface area contributed by atoms with Gasteiger partial charge in [0, 0.05) is 6.04 Å². The van der Waals surface area contributed by atoms with Crippen LogP contribution < -0.4 is 15.4 Å². The first-order valence-corrected chi connectivity index (χ1v) is 10.2. The second-order valence-corrected chi connectivity index (χ2v) is 7.94. The van der Waals surface area contributed by atoms with Crippen molar-refractivity contribution in [3.05, 3.63) is 66.0 Å². The molecule has 2 heterocycles. The molecule has 3 atom stereocenters. The van der Waals surface area contributed by atoms with Crippen LogP contribution in [0.25, 0.3) is 0 Å². The lowest BCUT2D eigenvalue weighted by Gasteiger charge is -2.37. The van der Waals surface area contributed by atoms with E-state index in [-0.39, 0.29) is 18.0 Å². The Labute approximate surface area is 176 Å². The highest BCUT2D eigenvalue weighted by molar-refractivity contribution is 5.95. The zero-order valence-electron chi connectivity index (χ0n) is 17.7. The van der Waals surface area contributed by atoms with Gasteiger partial charge < -0.3 is 15.4 Å². The predicted molar refractivity (Wildman–Crippen MR) is 117 cm³/mol. The Kier molecular flexibility index (Phi) is 5.44. The first kappa shape index (κ1) is 19.9. The summed E-state index contributed by atoms with van der Waals surface area (Å²) in [6, 6.07) is 15.4. The topological polar surface area (TPSA) is 81.1 Å². The molecule has 4 rings (SSSR count). The molecule has 30 heavy (non-hydrogen) atoms. The van der Waals surface area contributed by atoms with Crippen molar-refractivity contribution in [1.29, 1.82) is 0 Å². The number of anilines is 2. The van der Waals surface area contributed by atoms with Crippen molar-refractivity contribution in [2.24, 2.45) is 5.92 Å². The summed E-state index contributed by atoms with van der Waals surface area (Å²) in [5.41, 5.74) is 2.93. The van der Waals surface area contributed by atoms with Crippen LogP contribution in [0.2, 0.25) is 0 Å². The second-order valence-electron chi connectivity index (χ2n) is 7.94. The summed E-state index contributed by atoms with van der Waals surface area (Å²) in [6.45, 7) is 6.33. The molecule has 0 saturated carbocycles. The molecule has 7 heteroatoms. The number of fused-ring (bicyclic) bond motifs is 1. The van der Waals surface area contributed by atoms with E-state index in [2.05, 4.69) is 58.8 Å². The molecule has 0 saturated heterocycles. The third kappa shape index (κ3) is 3.63. The lowest BCUT2D eigenvalue weighted by Crippen LogP contribution is -2.46. The quantitative estimate of drug-likeness (QED) is 0.669. The molecule has 1 amide bonds. The number of nitrogens with one attached hydrogen (secondary N) is 2. The Morgan fingerprint density at radius 3 is 2.60 bits per heavy atom. The highest BCUT2D eigenvalue weighted by Crippen LogP contribution is 2.37. The molecule has 3 aromatic rings. The number of nitrogens with zero attached hydrogens (tertiary/aromatic N) is 3. The number of hydrogen-bond acceptors (Lipinski definition) is 5. The van der Waals surface area contributed by atoms with Crippen LogP contribution in [-0.2, 0) is 4.79 Å². The maximum absolute atomic E-state index is 13.5. The molecule has 1 aliphatic heterocycles. The molecule has 0 aliphatic carbocycles. The number of benzene rings is 2. The van der Waals surface area contributed by atoms with E-state index in [4.69, 9.17) is 4.74 Å². The van der Waals surface area contributed by atoms with Gasteiger partial charge in [-0.3, -0.25) is 4.79 Å². The van der Waals surface area contributed by atoms with Crippen LogP contribution in [0.15, 0.2) is 54.9 Å². The van der Waals surface area contributed by atoms with E-state index in [1.54, 1.807) is 11.8 Å². The van der Waals surface area contributed by atoms with Crippen molar-refractivity contribution in [2.75, 3.05) is 17.7 Å². The average molecular weight is 406 g/mol. The summed E-state index contributed by atoms with van der Waals surface area (Å²) in [4.78, 5) is 17.8. The molecule has 7 nitrogen and oxygen atoms in total. The zero-order valence-corrected chi connectivity index (χ0v) is 17.7. The minimum atomic E-state index is -0.394. The Morgan fingerprint density at radius 2 is 1.90 bits per heavy atom. The van der Waals surface area contributed by atoms with Gasteiger partial charge in [0.25, 0.3) is 0 Å². The molecular formula is C23H27N5O2. The number of rotatable bonds is 5. The van der Waals surface area contributed by atoms with Crippen LogP contribution in [-0.4, -0.2) is 33.8 Å². The fraction of sp³-hybridized carbons (Fsp3) is 0.348. The molecule has 0 bridgehead atoms. The normalized spacial score (nSPS) is 20.4. The van der Waals surface area contributed by atoms with Gasteiger partial charge in [0.2, 0.25) is 11.9 Å². The van der Waals surface area contributed by atoms with Crippen molar-refractivity contribution in [3.8, 4) is 5.75 Å². The van der Waals surface area contributed by atoms with Gasteiger partial charge in [0.15, 0.2) is 0 Å². The minimum Gasteiger partial charge on any atom is -0.495 e. The molecule has 3 unspecified atom stereocenters. The van der Waals surface area contributed by atoms with E-state index in [9.17, 15) is 4.79 Å². The van der Waals surface area contributed by atoms with Crippen molar-refractivity contribution < 1.29 is 9.53 Å². The molecule has 0 spiro atoms. The number of hydrogen-bond donors (Lipinski definition) is 2. The molecule has 2 aromatic carbocycles. The summed E-state index contributed by atoms with van der Waals surface area (Å²) < 4.78 is 7.20. The largest absolute Gasteiger partial charge is 0.495 e. The predicted octanol–water partition coefficient (Wildman–Crippen LogP) is 4.07. The average Bonchev–Trinajstić information content (AvgIpc) is 3.21. The number of para-hydroxylation sites is 2. The van der Waals surface area contributed by atoms with Gasteiger partial charge in [-0.05, 0) is 36.1 Å². The molecule has 0 fully saturated rings. The number of carbonyl (C=O) groups is 1. The van der Waals surface area contributed by atoms with Gasteiger partial charge in [0.05, 0.1) is 24.8 Å². The van der Waals surface area contributed by atoms with Gasteiger partial charge in [-0.25, -0.2) is 4.68 Å². The van der Waals surface area contributed by atoms with Gasteiger partial charge in [-0.2, -0.15) is 10.1 Å². The third-order valence-electron chi connectivity index (χ3n) is 5.68. The third-order valence-corrected chi connectivity index (χ3v) is 5.68. The summed E-state index contributed by atoms with van der Waals surface area (Å²) in [6.07, 6.45) is 1.52. The van der Waals surface area contributed by atoms with Crippen molar-refractivity contribution in [2.45, 2.75) is 38.8 Å². The molecule has 1 aliphatic rings. The van der Waals surface area contributed by atoms with Crippen LogP contribution in [0, 0.1) is 5.92 Å². The Morgan fingerprint density at radius 1 is 1.17 bits per heavy atom. The van der Waals surface area contributed by atoms with E-state index in [0.717, 1.165) is 5.56 Å². The highest BCUT2D eigenvalue weighted by atomic mass is 16.5. The molecule has 156 valence electrons. The minimum absolute atomic E-state index is 0.0985. The van der Waals surface area contributed by atoms with Gasteiger partial charge in [0.1, 0.15) is 12.1 Å². The number of aromatic nitrogens is 3. The zero-order chi connectivity index (χ0) is 21.3. The fourth-order valence-electron chi connectivity index (χ4n) is 4.04. The highest BCUT2D eigenvalue weighted by Gasteiger charge is 2.41. The van der Waals surface area contributed by atoms with E-state index in [1.807, 2.05) is 31.2 Å². The molecule has 1 aromatic heterocycles.